The average Bonchev–Trinajstić information content (AvgIpc) is 3.46. The summed E-state index contributed by atoms with van der Waals surface area (Å²) in [4.78, 5) is 18.1. The standard InChI is InChI=1S/C27H22F3N5O/c1-3-17-11-14-35-23(15-17)31-24(18-7-5-4-6-8-18)25(35)32-26(36)19-9-10-21(27(28,29)30)20(16-19)22-12-13-34(2)33-22/h4-16H,3H2,1-2H3,(H,32,36). The molecule has 0 aliphatic rings. The van der Waals surface area contributed by atoms with Crippen LogP contribution in [-0.2, 0) is 19.6 Å². The molecule has 0 spiro atoms. The van der Waals surface area contributed by atoms with Crippen molar-refractivity contribution in [3.63, 3.8) is 0 Å². The molecule has 0 radical (unpaired) electrons. The van der Waals surface area contributed by atoms with Crippen molar-refractivity contribution in [3.8, 4) is 22.5 Å². The Labute approximate surface area is 205 Å². The quantitative estimate of drug-likeness (QED) is 0.318. The van der Waals surface area contributed by atoms with Gasteiger partial charge in [0, 0.05) is 36.1 Å². The molecule has 0 fully saturated rings. The molecular weight excluding hydrogens is 467 g/mol. The van der Waals surface area contributed by atoms with E-state index in [-0.39, 0.29) is 16.8 Å². The molecule has 36 heavy (non-hydrogen) atoms. The molecule has 0 atom stereocenters. The highest BCUT2D eigenvalue weighted by molar-refractivity contribution is 6.06. The number of carbonyl (C=O) groups is 1. The summed E-state index contributed by atoms with van der Waals surface area (Å²) in [6.07, 6.45) is -0.388. The molecule has 182 valence electrons. The van der Waals surface area contributed by atoms with E-state index in [2.05, 4.69) is 10.4 Å². The summed E-state index contributed by atoms with van der Waals surface area (Å²) in [5.41, 5.74) is 2.30. The molecule has 0 aliphatic carbocycles. The summed E-state index contributed by atoms with van der Waals surface area (Å²) in [6.45, 7) is 2.04. The zero-order chi connectivity index (χ0) is 25.4. The predicted octanol–water partition coefficient (Wildman–Crippen LogP) is 6.24. The van der Waals surface area contributed by atoms with Gasteiger partial charge in [0.15, 0.2) is 0 Å². The average molecular weight is 490 g/mol. The number of aryl methyl sites for hydroxylation is 2. The maximum Gasteiger partial charge on any atom is 0.417 e. The first-order chi connectivity index (χ1) is 17.2. The number of alkyl halides is 3. The number of nitrogens with one attached hydrogen (secondary N) is 1. The van der Waals surface area contributed by atoms with Gasteiger partial charge in [0.2, 0.25) is 0 Å². The summed E-state index contributed by atoms with van der Waals surface area (Å²) < 4.78 is 44.3. The summed E-state index contributed by atoms with van der Waals surface area (Å²) in [7, 11) is 1.62. The van der Waals surface area contributed by atoms with Crippen LogP contribution in [0.1, 0.15) is 28.4 Å². The van der Waals surface area contributed by atoms with Gasteiger partial charge in [-0.25, -0.2) is 4.98 Å². The summed E-state index contributed by atoms with van der Waals surface area (Å²) in [6, 6.07) is 18.1. The second-order valence-electron chi connectivity index (χ2n) is 8.38. The van der Waals surface area contributed by atoms with Crippen molar-refractivity contribution in [1.29, 1.82) is 0 Å². The second-order valence-corrected chi connectivity index (χ2v) is 8.38. The van der Waals surface area contributed by atoms with Crippen molar-refractivity contribution >= 4 is 17.4 Å². The van der Waals surface area contributed by atoms with Crippen LogP contribution in [0.25, 0.3) is 28.2 Å². The van der Waals surface area contributed by atoms with Crippen molar-refractivity contribution in [2.45, 2.75) is 19.5 Å². The van der Waals surface area contributed by atoms with Crippen molar-refractivity contribution < 1.29 is 18.0 Å². The Balaban J connectivity index is 1.59. The molecule has 0 saturated carbocycles. The summed E-state index contributed by atoms with van der Waals surface area (Å²) in [5.74, 6) is -0.123. The SMILES string of the molecule is CCc1ccn2c(NC(=O)c3ccc(C(F)(F)F)c(-c4ccn(C)n4)c3)c(-c3ccccc3)nc2c1. The van der Waals surface area contributed by atoms with Gasteiger partial charge in [0.25, 0.3) is 5.91 Å². The monoisotopic (exact) mass is 489 g/mol. The predicted molar refractivity (Wildman–Crippen MR) is 132 cm³/mol. The van der Waals surface area contributed by atoms with E-state index in [1.165, 1.54) is 22.9 Å². The Morgan fingerprint density at radius 2 is 1.78 bits per heavy atom. The van der Waals surface area contributed by atoms with Crippen LogP contribution in [0.3, 0.4) is 0 Å². The van der Waals surface area contributed by atoms with Crippen LogP contribution in [0.2, 0.25) is 0 Å². The molecule has 1 N–H and O–H groups in total. The van der Waals surface area contributed by atoms with Crippen molar-refractivity contribution in [2.24, 2.45) is 7.05 Å². The van der Waals surface area contributed by atoms with Crippen LogP contribution in [0.15, 0.2) is 79.1 Å². The van der Waals surface area contributed by atoms with Crippen LogP contribution in [0.4, 0.5) is 19.0 Å². The molecule has 3 heterocycles. The van der Waals surface area contributed by atoms with Gasteiger partial charge >= 0.3 is 6.18 Å². The lowest BCUT2D eigenvalue weighted by molar-refractivity contribution is -0.137. The minimum absolute atomic E-state index is 0.0720. The van der Waals surface area contributed by atoms with Gasteiger partial charge in [-0.15, -0.1) is 0 Å². The maximum absolute atomic E-state index is 13.7. The third-order valence-corrected chi connectivity index (χ3v) is 5.95. The Kier molecular flexibility index (Phi) is 5.83. The van der Waals surface area contributed by atoms with E-state index >= 15 is 0 Å². The van der Waals surface area contributed by atoms with Gasteiger partial charge in [-0.3, -0.25) is 13.9 Å². The fourth-order valence-electron chi connectivity index (χ4n) is 4.11. The fraction of sp³-hybridized carbons (Fsp3) is 0.148. The van der Waals surface area contributed by atoms with E-state index in [0.29, 0.717) is 17.2 Å². The Bertz CT molecular complexity index is 1570. The summed E-state index contributed by atoms with van der Waals surface area (Å²) >= 11 is 0. The molecule has 6 nitrogen and oxygen atoms in total. The van der Waals surface area contributed by atoms with Gasteiger partial charge in [-0.05, 0) is 48.4 Å². The van der Waals surface area contributed by atoms with Gasteiger partial charge in [0.05, 0.1) is 11.3 Å². The molecule has 0 saturated heterocycles. The number of hydrogen-bond donors (Lipinski definition) is 1. The lowest BCUT2D eigenvalue weighted by Crippen LogP contribution is -2.16. The van der Waals surface area contributed by atoms with E-state index in [1.807, 2.05) is 55.6 Å². The number of nitrogens with zero attached hydrogens (tertiary/aromatic N) is 4. The number of carbonyl (C=O) groups excluding carboxylic acids is 1. The molecule has 0 unspecified atom stereocenters. The smallest absolute Gasteiger partial charge is 0.306 e. The number of fused-ring (bicyclic) bond motifs is 1. The van der Waals surface area contributed by atoms with E-state index in [9.17, 15) is 18.0 Å². The van der Waals surface area contributed by atoms with Crippen LogP contribution in [0, 0.1) is 0 Å². The van der Waals surface area contributed by atoms with Crippen molar-refractivity contribution in [1.82, 2.24) is 19.2 Å². The van der Waals surface area contributed by atoms with E-state index in [4.69, 9.17) is 4.98 Å². The van der Waals surface area contributed by atoms with Crippen LogP contribution < -0.4 is 5.32 Å². The molecule has 2 aromatic carbocycles. The number of halogens is 3. The largest absolute Gasteiger partial charge is 0.417 e. The third-order valence-electron chi connectivity index (χ3n) is 5.95. The highest BCUT2D eigenvalue weighted by atomic mass is 19.4. The van der Waals surface area contributed by atoms with Crippen LogP contribution in [-0.4, -0.2) is 25.1 Å². The molecule has 5 rings (SSSR count). The van der Waals surface area contributed by atoms with Crippen molar-refractivity contribution in [3.05, 3.63) is 95.8 Å². The highest BCUT2D eigenvalue weighted by Gasteiger charge is 2.34. The molecule has 1 amide bonds. The lowest BCUT2D eigenvalue weighted by atomic mass is 10.0. The van der Waals surface area contributed by atoms with Gasteiger partial charge in [-0.1, -0.05) is 37.3 Å². The number of amides is 1. The lowest BCUT2D eigenvalue weighted by Gasteiger charge is -2.14. The molecule has 5 aromatic rings. The zero-order valence-electron chi connectivity index (χ0n) is 19.5. The first-order valence-corrected chi connectivity index (χ1v) is 11.3. The van der Waals surface area contributed by atoms with Crippen LogP contribution in [0.5, 0.6) is 0 Å². The van der Waals surface area contributed by atoms with Gasteiger partial charge in [0.1, 0.15) is 17.2 Å². The minimum atomic E-state index is -4.60. The molecule has 9 heteroatoms. The molecular formula is C27H22F3N5O. The first-order valence-electron chi connectivity index (χ1n) is 11.3. The number of aromatic nitrogens is 4. The Morgan fingerprint density at radius 3 is 2.44 bits per heavy atom. The normalized spacial score (nSPS) is 11.7. The van der Waals surface area contributed by atoms with E-state index in [0.717, 1.165) is 23.6 Å². The fourth-order valence-corrected chi connectivity index (χ4v) is 4.11. The number of rotatable bonds is 5. The Morgan fingerprint density at radius 1 is 1.00 bits per heavy atom. The van der Waals surface area contributed by atoms with Crippen molar-refractivity contribution in [2.75, 3.05) is 5.32 Å². The van der Waals surface area contributed by atoms with E-state index < -0.39 is 17.6 Å². The Hall–Kier alpha value is -4.40. The molecule has 0 aliphatic heterocycles. The number of pyridine rings is 1. The number of hydrogen-bond acceptors (Lipinski definition) is 3. The number of benzene rings is 2. The van der Waals surface area contributed by atoms with E-state index in [1.54, 1.807) is 17.6 Å². The molecule has 3 aromatic heterocycles. The third kappa shape index (κ3) is 4.35. The first kappa shape index (κ1) is 23.3. The second kappa shape index (κ2) is 8.99. The topological polar surface area (TPSA) is 64.2 Å². The maximum atomic E-state index is 13.7. The zero-order valence-corrected chi connectivity index (χ0v) is 19.5. The van der Waals surface area contributed by atoms with Gasteiger partial charge < -0.3 is 5.32 Å². The number of imidazole rings is 1. The van der Waals surface area contributed by atoms with Gasteiger partial charge in [-0.2, -0.15) is 18.3 Å². The van der Waals surface area contributed by atoms with Crippen LogP contribution >= 0.6 is 0 Å². The molecule has 0 bridgehead atoms. The highest BCUT2D eigenvalue weighted by Crippen LogP contribution is 2.37. The summed E-state index contributed by atoms with van der Waals surface area (Å²) in [5, 5.41) is 7.00. The minimum Gasteiger partial charge on any atom is -0.306 e. The number of anilines is 1.